The molecule has 0 saturated carbocycles. The van der Waals surface area contributed by atoms with E-state index < -0.39 is 0 Å². The molecule has 20 heavy (non-hydrogen) atoms. The number of nitrogens with zero attached hydrogens (tertiary/aromatic N) is 3. The van der Waals surface area contributed by atoms with Gasteiger partial charge in [-0.2, -0.15) is 4.98 Å². The highest BCUT2D eigenvalue weighted by Gasteiger charge is 1.99. The molecule has 0 aliphatic rings. The highest BCUT2D eigenvalue weighted by atomic mass is 15.1. The summed E-state index contributed by atoms with van der Waals surface area (Å²) in [7, 11) is 4.14. The maximum atomic E-state index is 4.44. The minimum atomic E-state index is 0.657. The SMILES string of the molecule is CN(C)CCCNc1nccc(Nc2ccccc2)n1. The van der Waals surface area contributed by atoms with Gasteiger partial charge in [-0.15, -0.1) is 0 Å². The highest BCUT2D eigenvalue weighted by molar-refractivity contribution is 5.56. The summed E-state index contributed by atoms with van der Waals surface area (Å²) in [4.78, 5) is 10.8. The predicted molar refractivity (Wildman–Crippen MR) is 83.4 cm³/mol. The van der Waals surface area contributed by atoms with Gasteiger partial charge in [0, 0.05) is 18.4 Å². The summed E-state index contributed by atoms with van der Waals surface area (Å²) in [5, 5.41) is 6.49. The molecule has 0 unspecified atom stereocenters. The number of hydrogen-bond donors (Lipinski definition) is 2. The lowest BCUT2D eigenvalue weighted by atomic mass is 10.3. The number of para-hydroxylation sites is 1. The molecule has 0 aliphatic heterocycles. The maximum Gasteiger partial charge on any atom is 0.224 e. The summed E-state index contributed by atoms with van der Waals surface area (Å²) in [6.07, 6.45) is 2.82. The molecule has 0 spiro atoms. The number of hydrogen-bond acceptors (Lipinski definition) is 5. The van der Waals surface area contributed by atoms with Crippen molar-refractivity contribution in [1.82, 2.24) is 14.9 Å². The Hall–Kier alpha value is -2.14. The highest BCUT2D eigenvalue weighted by Crippen LogP contribution is 2.14. The van der Waals surface area contributed by atoms with E-state index in [0.29, 0.717) is 5.95 Å². The van der Waals surface area contributed by atoms with E-state index in [1.807, 2.05) is 36.4 Å². The van der Waals surface area contributed by atoms with Gasteiger partial charge in [0.15, 0.2) is 0 Å². The Kier molecular flexibility index (Phi) is 5.32. The third kappa shape index (κ3) is 4.85. The normalized spacial score (nSPS) is 10.6. The summed E-state index contributed by atoms with van der Waals surface area (Å²) < 4.78 is 0. The van der Waals surface area contributed by atoms with Gasteiger partial charge in [-0.3, -0.25) is 0 Å². The number of aromatic nitrogens is 2. The summed E-state index contributed by atoms with van der Waals surface area (Å²) in [5.41, 5.74) is 1.02. The average Bonchev–Trinajstić information content (AvgIpc) is 2.45. The van der Waals surface area contributed by atoms with E-state index in [2.05, 4.69) is 39.6 Å². The average molecular weight is 271 g/mol. The molecule has 0 aliphatic carbocycles. The predicted octanol–water partition coefficient (Wildman–Crippen LogP) is 2.58. The van der Waals surface area contributed by atoms with Crippen LogP contribution >= 0.6 is 0 Å². The Morgan fingerprint density at radius 1 is 1.10 bits per heavy atom. The molecule has 5 nitrogen and oxygen atoms in total. The molecule has 1 aromatic heterocycles. The second kappa shape index (κ2) is 7.45. The molecule has 0 saturated heterocycles. The summed E-state index contributed by atoms with van der Waals surface area (Å²) >= 11 is 0. The molecule has 1 aromatic carbocycles. The third-order valence-electron chi connectivity index (χ3n) is 2.77. The summed E-state index contributed by atoms with van der Waals surface area (Å²) in [5.74, 6) is 1.45. The minimum Gasteiger partial charge on any atom is -0.354 e. The first kappa shape index (κ1) is 14.3. The van der Waals surface area contributed by atoms with Crippen molar-refractivity contribution in [2.45, 2.75) is 6.42 Å². The van der Waals surface area contributed by atoms with Gasteiger partial charge in [0.1, 0.15) is 5.82 Å². The Balaban J connectivity index is 1.88. The van der Waals surface area contributed by atoms with Gasteiger partial charge in [-0.1, -0.05) is 18.2 Å². The molecule has 0 radical (unpaired) electrons. The smallest absolute Gasteiger partial charge is 0.224 e. The van der Waals surface area contributed by atoms with Crippen molar-refractivity contribution in [2.75, 3.05) is 37.8 Å². The van der Waals surface area contributed by atoms with E-state index in [9.17, 15) is 0 Å². The lowest BCUT2D eigenvalue weighted by Crippen LogP contribution is -2.17. The molecule has 2 aromatic rings. The van der Waals surface area contributed by atoms with Crippen LogP contribution in [0.1, 0.15) is 6.42 Å². The Labute approximate surface area is 120 Å². The van der Waals surface area contributed by atoms with Crippen LogP contribution < -0.4 is 10.6 Å². The van der Waals surface area contributed by atoms with Crippen molar-refractivity contribution in [3.63, 3.8) is 0 Å². The zero-order valence-electron chi connectivity index (χ0n) is 12.0. The molecule has 5 heteroatoms. The molecule has 2 N–H and O–H groups in total. The second-order valence-corrected chi connectivity index (χ2v) is 4.84. The van der Waals surface area contributed by atoms with Crippen LogP contribution in [0, 0.1) is 0 Å². The molecule has 106 valence electrons. The Bertz CT molecular complexity index is 513. The first-order valence-electron chi connectivity index (χ1n) is 6.78. The summed E-state index contributed by atoms with van der Waals surface area (Å²) in [6.45, 7) is 1.92. The van der Waals surface area contributed by atoms with E-state index in [0.717, 1.165) is 31.0 Å². The largest absolute Gasteiger partial charge is 0.354 e. The van der Waals surface area contributed by atoms with Crippen molar-refractivity contribution < 1.29 is 0 Å². The van der Waals surface area contributed by atoms with E-state index in [-0.39, 0.29) is 0 Å². The van der Waals surface area contributed by atoms with E-state index in [4.69, 9.17) is 0 Å². The molecular formula is C15H21N5. The molecule has 0 fully saturated rings. The Morgan fingerprint density at radius 3 is 2.65 bits per heavy atom. The van der Waals surface area contributed by atoms with Crippen molar-refractivity contribution >= 4 is 17.5 Å². The zero-order valence-corrected chi connectivity index (χ0v) is 12.0. The van der Waals surface area contributed by atoms with Crippen LogP contribution in [0.15, 0.2) is 42.6 Å². The van der Waals surface area contributed by atoms with Crippen LogP contribution in [0.3, 0.4) is 0 Å². The number of benzene rings is 1. The van der Waals surface area contributed by atoms with Crippen LogP contribution in [0.2, 0.25) is 0 Å². The van der Waals surface area contributed by atoms with E-state index in [1.54, 1.807) is 6.20 Å². The zero-order chi connectivity index (χ0) is 14.2. The van der Waals surface area contributed by atoms with Crippen molar-refractivity contribution in [3.8, 4) is 0 Å². The third-order valence-corrected chi connectivity index (χ3v) is 2.77. The van der Waals surface area contributed by atoms with Crippen LogP contribution in [0.5, 0.6) is 0 Å². The lowest BCUT2D eigenvalue weighted by Gasteiger charge is -2.10. The van der Waals surface area contributed by atoms with E-state index >= 15 is 0 Å². The van der Waals surface area contributed by atoms with Crippen LogP contribution in [-0.4, -0.2) is 42.1 Å². The van der Waals surface area contributed by atoms with Gasteiger partial charge < -0.3 is 15.5 Å². The van der Waals surface area contributed by atoms with Gasteiger partial charge in [0.25, 0.3) is 0 Å². The standard InChI is InChI=1S/C15H21N5/c1-20(2)12-6-10-16-15-17-11-9-14(19-15)18-13-7-4-3-5-8-13/h3-5,7-9,11H,6,10,12H2,1-2H3,(H2,16,17,18,19). The minimum absolute atomic E-state index is 0.657. The molecule has 1 heterocycles. The number of nitrogens with one attached hydrogen (secondary N) is 2. The molecule has 0 amide bonds. The molecule has 2 rings (SSSR count). The van der Waals surface area contributed by atoms with Gasteiger partial charge in [0.2, 0.25) is 5.95 Å². The summed E-state index contributed by atoms with van der Waals surface area (Å²) in [6, 6.07) is 11.8. The van der Waals surface area contributed by atoms with Gasteiger partial charge in [-0.05, 0) is 45.3 Å². The molecule has 0 atom stereocenters. The lowest BCUT2D eigenvalue weighted by molar-refractivity contribution is 0.405. The fraction of sp³-hybridized carbons (Fsp3) is 0.333. The van der Waals surface area contributed by atoms with Crippen LogP contribution in [-0.2, 0) is 0 Å². The van der Waals surface area contributed by atoms with Gasteiger partial charge in [-0.25, -0.2) is 4.98 Å². The second-order valence-electron chi connectivity index (χ2n) is 4.84. The quantitative estimate of drug-likeness (QED) is 0.758. The maximum absolute atomic E-state index is 4.44. The first-order chi connectivity index (χ1) is 9.74. The number of rotatable bonds is 7. The van der Waals surface area contributed by atoms with Gasteiger partial charge >= 0.3 is 0 Å². The van der Waals surface area contributed by atoms with Crippen molar-refractivity contribution in [2.24, 2.45) is 0 Å². The fourth-order valence-corrected chi connectivity index (χ4v) is 1.78. The monoisotopic (exact) mass is 271 g/mol. The first-order valence-corrected chi connectivity index (χ1v) is 6.78. The topological polar surface area (TPSA) is 53.1 Å². The van der Waals surface area contributed by atoms with E-state index in [1.165, 1.54) is 0 Å². The molecular weight excluding hydrogens is 250 g/mol. The van der Waals surface area contributed by atoms with Crippen LogP contribution in [0.25, 0.3) is 0 Å². The molecule has 0 bridgehead atoms. The fourth-order valence-electron chi connectivity index (χ4n) is 1.78. The van der Waals surface area contributed by atoms with Gasteiger partial charge in [0.05, 0.1) is 0 Å². The Morgan fingerprint density at radius 2 is 1.90 bits per heavy atom. The number of anilines is 3. The van der Waals surface area contributed by atoms with Crippen molar-refractivity contribution in [3.05, 3.63) is 42.6 Å². The van der Waals surface area contributed by atoms with Crippen molar-refractivity contribution in [1.29, 1.82) is 0 Å². The van der Waals surface area contributed by atoms with Crippen LogP contribution in [0.4, 0.5) is 17.5 Å².